The van der Waals surface area contributed by atoms with Crippen molar-refractivity contribution in [3.63, 3.8) is 0 Å². The van der Waals surface area contributed by atoms with E-state index in [1.165, 1.54) is 26.5 Å². The Morgan fingerprint density at radius 1 is 0.658 bits per heavy atom. The fourth-order valence-electron chi connectivity index (χ4n) is 4.37. The molecule has 0 unspecified atom stereocenters. The number of nitriles is 2. The molecular weight excluding hydrogens is 525 g/mol. The third-order valence-corrected chi connectivity index (χ3v) is 9.43. The summed E-state index contributed by atoms with van der Waals surface area (Å²) in [5, 5.41) is 31.9. The van der Waals surface area contributed by atoms with Gasteiger partial charge >= 0.3 is 0 Å². The van der Waals surface area contributed by atoms with Crippen LogP contribution in [0.5, 0.6) is 0 Å². The Bertz CT molecular complexity index is 1540. The molecule has 2 N–H and O–H groups in total. The van der Waals surface area contributed by atoms with Gasteiger partial charge in [0, 0.05) is 38.2 Å². The molecule has 7 heteroatoms. The van der Waals surface area contributed by atoms with Crippen molar-refractivity contribution in [1.82, 2.24) is 0 Å². The van der Waals surface area contributed by atoms with Gasteiger partial charge in [-0.05, 0) is 84.3 Å². The molecule has 2 heterocycles. The number of hydrogen-bond acceptors (Lipinski definition) is 6. The summed E-state index contributed by atoms with van der Waals surface area (Å²) in [7, 11) is -1.13. The highest BCUT2D eigenvalue weighted by molar-refractivity contribution is 8.32. The first-order valence-electron chi connectivity index (χ1n) is 11.9. The van der Waals surface area contributed by atoms with E-state index in [9.17, 15) is 0 Å². The first-order chi connectivity index (χ1) is 18.4. The van der Waals surface area contributed by atoms with Gasteiger partial charge in [-0.2, -0.15) is 10.5 Å². The number of rotatable bonds is 7. The second kappa shape index (κ2) is 10.8. The summed E-state index contributed by atoms with van der Waals surface area (Å²) in [6.07, 6.45) is 7.03. The number of benzene rings is 3. The maximum Gasteiger partial charge on any atom is 0.0991 e. The summed E-state index contributed by atoms with van der Waals surface area (Å²) in [5.41, 5.74) is 8.98. The van der Waals surface area contributed by atoms with Crippen molar-refractivity contribution in [3.05, 3.63) is 100 Å². The van der Waals surface area contributed by atoms with E-state index in [2.05, 4.69) is 81.9 Å². The van der Waals surface area contributed by atoms with E-state index in [0.29, 0.717) is 11.1 Å². The van der Waals surface area contributed by atoms with E-state index >= 15 is 0 Å². The number of thiophene rings is 2. The largest absolute Gasteiger partial charge is 0.354 e. The van der Waals surface area contributed by atoms with E-state index in [4.69, 9.17) is 10.5 Å². The molecular formula is C31H26N4S3. The van der Waals surface area contributed by atoms with E-state index in [1.54, 1.807) is 22.7 Å². The van der Waals surface area contributed by atoms with E-state index < -0.39 is 10.0 Å². The Morgan fingerprint density at radius 2 is 1.24 bits per heavy atom. The second-order valence-corrected chi connectivity index (χ2v) is 15.3. The Labute approximate surface area is 233 Å². The first kappa shape index (κ1) is 25.6. The molecule has 5 rings (SSSR count). The third-order valence-electron chi connectivity index (χ3n) is 6.08. The summed E-state index contributed by atoms with van der Waals surface area (Å²) in [6.45, 7) is 0. The van der Waals surface area contributed by atoms with Gasteiger partial charge in [0.2, 0.25) is 0 Å². The van der Waals surface area contributed by atoms with Gasteiger partial charge in [0.15, 0.2) is 0 Å². The van der Waals surface area contributed by atoms with Gasteiger partial charge < -0.3 is 10.6 Å². The minimum absolute atomic E-state index is 0.647. The third kappa shape index (κ3) is 5.32. The van der Waals surface area contributed by atoms with Gasteiger partial charge in [-0.25, -0.2) is 10.0 Å². The molecule has 2 aromatic heterocycles. The average Bonchev–Trinajstić information content (AvgIpc) is 3.58. The zero-order valence-corrected chi connectivity index (χ0v) is 23.7. The maximum absolute atomic E-state index is 9.13. The molecule has 3 aromatic carbocycles. The van der Waals surface area contributed by atoms with Crippen LogP contribution in [0.4, 0.5) is 22.7 Å². The number of nitrogens with one attached hydrogen (secondary N) is 2. The zero-order valence-electron chi connectivity index (χ0n) is 21.3. The van der Waals surface area contributed by atoms with E-state index in [0.717, 1.165) is 22.7 Å². The number of hydrogen-bond donors (Lipinski definition) is 2. The summed E-state index contributed by atoms with van der Waals surface area (Å²) in [6, 6.07) is 28.2. The van der Waals surface area contributed by atoms with Crippen molar-refractivity contribution < 1.29 is 0 Å². The Morgan fingerprint density at radius 3 is 1.82 bits per heavy atom. The minimum atomic E-state index is -1.13. The highest BCUT2D eigenvalue weighted by Crippen LogP contribution is 2.57. The molecule has 0 aliphatic carbocycles. The van der Waals surface area contributed by atoms with Crippen LogP contribution in [0.15, 0.2) is 93.8 Å². The molecule has 0 saturated carbocycles. The van der Waals surface area contributed by atoms with E-state index in [-0.39, 0.29) is 0 Å². The molecule has 38 heavy (non-hydrogen) atoms. The van der Waals surface area contributed by atoms with Crippen molar-refractivity contribution in [2.75, 3.05) is 29.4 Å². The van der Waals surface area contributed by atoms with Crippen molar-refractivity contribution >= 4 is 55.5 Å². The van der Waals surface area contributed by atoms with Crippen molar-refractivity contribution in [2.24, 2.45) is 0 Å². The molecule has 0 aliphatic rings. The maximum atomic E-state index is 9.13. The topological polar surface area (TPSA) is 71.6 Å². The molecule has 0 amide bonds. The van der Waals surface area contributed by atoms with Crippen molar-refractivity contribution in [1.29, 1.82) is 10.5 Å². The van der Waals surface area contributed by atoms with E-state index in [1.807, 2.05) is 48.5 Å². The SMILES string of the molecule is CS(C)(C)c1c(-c2cscc2Nc2ccc(C#N)cc2)cccc1-c1sccc1Nc1ccc(C#N)cc1. The molecule has 188 valence electrons. The van der Waals surface area contributed by atoms with Gasteiger partial charge in [0.05, 0.1) is 39.5 Å². The van der Waals surface area contributed by atoms with Crippen LogP contribution in [0.3, 0.4) is 0 Å². The van der Waals surface area contributed by atoms with Crippen LogP contribution in [0.2, 0.25) is 0 Å². The van der Waals surface area contributed by atoms with Gasteiger partial charge in [-0.1, -0.05) is 18.2 Å². The van der Waals surface area contributed by atoms with Crippen LogP contribution in [0.1, 0.15) is 11.1 Å². The quantitative estimate of drug-likeness (QED) is 0.212. The lowest BCUT2D eigenvalue weighted by molar-refractivity contribution is 1.43. The Balaban J connectivity index is 1.56. The van der Waals surface area contributed by atoms with Crippen LogP contribution < -0.4 is 10.6 Å². The lowest BCUT2D eigenvalue weighted by Crippen LogP contribution is -2.01. The molecule has 5 aromatic rings. The lowest BCUT2D eigenvalue weighted by atomic mass is 10.0. The van der Waals surface area contributed by atoms with Crippen molar-refractivity contribution in [3.8, 4) is 33.7 Å². The predicted octanol–water partition coefficient (Wildman–Crippen LogP) is 9.43. The van der Waals surface area contributed by atoms with Gasteiger partial charge in [-0.15, -0.1) is 22.7 Å². The summed E-state index contributed by atoms with van der Waals surface area (Å²) in [5.74, 6) is 0. The van der Waals surface area contributed by atoms with Crippen LogP contribution in [0, 0.1) is 22.7 Å². The van der Waals surface area contributed by atoms with Crippen molar-refractivity contribution in [2.45, 2.75) is 4.90 Å². The molecule has 0 spiro atoms. The van der Waals surface area contributed by atoms with Crippen LogP contribution in [-0.2, 0) is 0 Å². The first-order valence-corrected chi connectivity index (χ1v) is 16.6. The fraction of sp³-hybridized carbons (Fsp3) is 0.0968. The van der Waals surface area contributed by atoms with Gasteiger partial charge in [0.25, 0.3) is 0 Å². The molecule has 4 nitrogen and oxygen atoms in total. The predicted molar refractivity (Wildman–Crippen MR) is 166 cm³/mol. The second-order valence-electron chi connectivity index (χ2n) is 9.51. The summed E-state index contributed by atoms with van der Waals surface area (Å²) < 4.78 is 0. The smallest absolute Gasteiger partial charge is 0.0991 e. The highest BCUT2D eigenvalue weighted by Gasteiger charge is 2.24. The normalized spacial score (nSPS) is 11.4. The minimum Gasteiger partial charge on any atom is -0.354 e. The highest BCUT2D eigenvalue weighted by atomic mass is 32.3. The monoisotopic (exact) mass is 550 g/mol. The standard InChI is InChI=1S/C31H26N4S3/c1-38(2,3)31-25(27-19-36-20-29(27)35-24-13-9-22(18-33)10-14-24)5-4-6-26(31)30-28(15-16-37-30)34-23-11-7-21(17-32)8-12-23/h4-16,19-20,34-35H,1-3H3. The van der Waals surface area contributed by atoms with Crippen LogP contribution in [-0.4, -0.2) is 18.8 Å². The van der Waals surface area contributed by atoms with Gasteiger partial charge in [-0.3, -0.25) is 0 Å². The fourth-order valence-corrected chi connectivity index (χ4v) is 7.77. The number of nitrogens with zero attached hydrogens (tertiary/aromatic N) is 2. The average molecular weight is 551 g/mol. The summed E-state index contributed by atoms with van der Waals surface area (Å²) >= 11 is 3.42. The molecule has 0 atom stereocenters. The van der Waals surface area contributed by atoms with Crippen LogP contribution >= 0.6 is 32.7 Å². The molecule has 0 bridgehead atoms. The Hall–Kier alpha value is -4.01. The number of anilines is 4. The zero-order chi connectivity index (χ0) is 26.7. The lowest BCUT2D eigenvalue weighted by Gasteiger charge is -2.32. The molecule has 0 radical (unpaired) electrons. The Kier molecular flexibility index (Phi) is 7.26. The molecule has 0 saturated heterocycles. The van der Waals surface area contributed by atoms with Gasteiger partial charge in [0.1, 0.15) is 0 Å². The molecule has 0 fully saturated rings. The molecule has 0 aliphatic heterocycles. The summed E-state index contributed by atoms with van der Waals surface area (Å²) in [4.78, 5) is 2.57. The van der Waals surface area contributed by atoms with Crippen LogP contribution in [0.25, 0.3) is 21.6 Å².